The smallest absolute Gasteiger partial charge is 0.178 e. The van der Waals surface area contributed by atoms with Gasteiger partial charge in [-0.25, -0.2) is 9.97 Å². The van der Waals surface area contributed by atoms with Crippen LogP contribution in [0.5, 0.6) is 23.0 Å². The van der Waals surface area contributed by atoms with Crippen LogP contribution >= 0.6 is 0 Å². The van der Waals surface area contributed by atoms with Gasteiger partial charge in [0.05, 0.1) is 31.4 Å². The van der Waals surface area contributed by atoms with Gasteiger partial charge in [-0.05, 0) is 49.7 Å². The summed E-state index contributed by atoms with van der Waals surface area (Å²) in [6.45, 7) is 4.47. The summed E-state index contributed by atoms with van der Waals surface area (Å²) in [5, 5.41) is 0. The van der Waals surface area contributed by atoms with Crippen LogP contribution < -0.4 is 18.9 Å². The molecule has 2 heterocycles. The van der Waals surface area contributed by atoms with Gasteiger partial charge < -0.3 is 23.9 Å². The molecule has 5 rings (SSSR count). The first-order chi connectivity index (χ1) is 18.0. The van der Waals surface area contributed by atoms with Crippen molar-refractivity contribution < 1.29 is 18.9 Å². The van der Waals surface area contributed by atoms with Crippen LogP contribution in [0.4, 0.5) is 0 Å². The number of aromatic nitrogens is 3. The third kappa shape index (κ3) is 5.35. The normalized spacial score (nSPS) is 11.1. The molecule has 0 saturated heterocycles. The summed E-state index contributed by atoms with van der Waals surface area (Å²) >= 11 is 0. The highest BCUT2D eigenvalue weighted by molar-refractivity contribution is 5.83. The first-order valence-corrected chi connectivity index (χ1v) is 12.1. The molecule has 0 aliphatic rings. The maximum Gasteiger partial charge on any atom is 0.178 e. The number of nitrogens with zero attached hydrogens (tertiary/aromatic N) is 2. The predicted molar refractivity (Wildman–Crippen MR) is 144 cm³/mol. The Labute approximate surface area is 216 Å². The molecule has 1 N–H and O–H groups in total. The third-order valence-electron chi connectivity index (χ3n) is 5.88. The molecule has 0 aliphatic carbocycles. The molecule has 7 heteroatoms. The van der Waals surface area contributed by atoms with E-state index in [0.29, 0.717) is 29.6 Å². The van der Waals surface area contributed by atoms with E-state index in [9.17, 15) is 0 Å². The molecule has 0 atom stereocenters. The number of hydrogen-bond donors (Lipinski definition) is 1. The minimum atomic E-state index is -0.0141. The molecule has 0 radical (unpaired) electrons. The van der Waals surface area contributed by atoms with Crippen molar-refractivity contribution in [2.24, 2.45) is 0 Å². The fourth-order valence-corrected chi connectivity index (χ4v) is 4.09. The number of H-pyrrole nitrogens is 1. The number of methoxy groups -OCH3 is 2. The predicted octanol–water partition coefficient (Wildman–Crippen LogP) is 6.68. The summed E-state index contributed by atoms with van der Waals surface area (Å²) < 4.78 is 23.1. The topological polar surface area (TPSA) is 78.5 Å². The fraction of sp³-hybridized carbons (Fsp3) is 0.200. The van der Waals surface area contributed by atoms with Crippen molar-refractivity contribution in [2.45, 2.75) is 26.6 Å². The van der Waals surface area contributed by atoms with E-state index in [-0.39, 0.29) is 6.10 Å². The second-order valence-electron chi connectivity index (χ2n) is 8.85. The number of hydrogen-bond acceptors (Lipinski definition) is 6. The van der Waals surface area contributed by atoms with Crippen molar-refractivity contribution in [3.63, 3.8) is 0 Å². The van der Waals surface area contributed by atoms with Gasteiger partial charge in [0.15, 0.2) is 5.65 Å². The Bertz CT molecular complexity index is 1510. The minimum absolute atomic E-state index is 0.0141. The highest BCUT2D eigenvalue weighted by Gasteiger charge is 2.16. The summed E-state index contributed by atoms with van der Waals surface area (Å²) in [6, 6.07) is 23.6. The number of benzene rings is 3. The lowest BCUT2D eigenvalue weighted by atomic mass is 10.1. The molecule has 37 heavy (non-hydrogen) atoms. The van der Waals surface area contributed by atoms with E-state index in [4.69, 9.17) is 23.9 Å². The SMILES string of the molecule is COc1ccc(-c2cnc3nc(-c4ccc(OCc5ccccc5)cc4OC(C)C)[nH]c3c2)c(OC)c1. The summed E-state index contributed by atoms with van der Waals surface area (Å²) in [5.74, 6) is 3.53. The van der Waals surface area contributed by atoms with E-state index in [1.54, 1.807) is 20.4 Å². The maximum absolute atomic E-state index is 6.14. The molecule has 0 amide bonds. The highest BCUT2D eigenvalue weighted by atomic mass is 16.5. The molecule has 188 valence electrons. The Balaban J connectivity index is 1.47. The molecule has 2 aromatic heterocycles. The second kappa shape index (κ2) is 10.6. The number of rotatable bonds is 9. The van der Waals surface area contributed by atoms with E-state index in [2.05, 4.69) is 9.97 Å². The Kier molecular flexibility index (Phi) is 6.94. The molecule has 0 aliphatic heterocycles. The van der Waals surface area contributed by atoms with Crippen LogP contribution in [0.2, 0.25) is 0 Å². The van der Waals surface area contributed by atoms with Gasteiger partial charge in [0, 0.05) is 29.5 Å². The van der Waals surface area contributed by atoms with Crippen LogP contribution in [0.25, 0.3) is 33.7 Å². The zero-order chi connectivity index (χ0) is 25.8. The van der Waals surface area contributed by atoms with E-state index >= 15 is 0 Å². The Morgan fingerprint density at radius 1 is 0.811 bits per heavy atom. The number of imidazole rings is 1. The van der Waals surface area contributed by atoms with Crippen molar-refractivity contribution in [1.29, 1.82) is 0 Å². The van der Waals surface area contributed by atoms with Crippen molar-refractivity contribution in [3.8, 4) is 45.5 Å². The molecule has 0 spiro atoms. The van der Waals surface area contributed by atoms with Crippen LogP contribution in [-0.2, 0) is 6.61 Å². The molecule has 3 aromatic carbocycles. The van der Waals surface area contributed by atoms with Crippen LogP contribution in [0.3, 0.4) is 0 Å². The van der Waals surface area contributed by atoms with Crippen molar-refractivity contribution in [1.82, 2.24) is 15.0 Å². The van der Waals surface area contributed by atoms with Crippen molar-refractivity contribution in [2.75, 3.05) is 14.2 Å². The summed E-state index contributed by atoms with van der Waals surface area (Å²) in [5.41, 5.74) is 5.19. The van der Waals surface area contributed by atoms with E-state index in [1.165, 1.54) is 0 Å². The lowest BCUT2D eigenvalue weighted by molar-refractivity contribution is 0.240. The highest BCUT2D eigenvalue weighted by Crippen LogP contribution is 2.36. The van der Waals surface area contributed by atoms with E-state index in [1.807, 2.05) is 86.6 Å². The van der Waals surface area contributed by atoms with Crippen molar-refractivity contribution >= 4 is 11.2 Å². The maximum atomic E-state index is 6.14. The fourth-order valence-electron chi connectivity index (χ4n) is 4.09. The quantitative estimate of drug-likeness (QED) is 0.246. The van der Waals surface area contributed by atoms with E-state index < -0.39 is 0 Å². The standard InChI is InChI=1S/C30H29N3O4/c1-19(2)37-28-16-23(36-18-20-8-6-5-7-9-20)11-13-25(28)29-32-26-14-21(17-31-30(26)33-29)24-12-10-22(34-3)15-27(24)35-4/h5-17,19H,18H2,1-4H3,(H,31,32,33). The van der Waals surface area contributed by atoms with E-state index in [0.717, 1.165) is 39.3 Å². The number of aromatic amines is 1. The summed E-state index contributed by atoms with van der Waals surface area (Å²) in [6.07, 6.45) is 1.78. The number of pyridine rings is 1. The lowest BCUT2D eigenvalue weighted by Gasteiger charge is -2.15. The van der Waals surface area contributed by atoms with Crippen LogP contribution in [0.1, 0.15) is 19.4 Å². The van der Waals surface area contributed by atoms with Gasteiger partial charge in [-0.3, -0.25) is 0 Å². The van der Waals surface area contributed by atoms with Gasteiger partial charge in [-0.15, -0.1) is 0 Å². The summed E-state index contributed by atoms with van der Waals surface area (Å²) in [7, 11) is 3.27. The van der Waals surface area contributed by atoms with Crippen LogP contribution in [0, 0.1) is 0 Å². The monoisotopic (exact) mass is 495 g/mol. The minimum Gasteiger partial charge on any atom is -0.497 e. The van der Waals surface area contributed by atoms with Gasteiger partial charge in [0.1, 0.15) is 35.4 Å². The van der Waals surface area contributed by atoms with Crippen molar-refractivity contribution in [3.05, 3.63) is 84.6 Å². The summed E-state index contributed by atoms with van der Waals surface area (Å²) in [4.78, 5) is 12.8. The number of nitrogens with one attached hydrogen (secondary N) is 1. The van der Waals surface area contributed by atoms with Crippen LogP contribution in [0.15, 0.2) is 79.0 Å². The molecule has 5 aromatic rings. The molecular formula is C30H29N3O4. The second-order valence-corrected chi connectivity index (χ2v) is 8.85. The van der Waals surface area contributed by atoms with Crippen LogP contribution in [-0.4, -0.2) is 35.3 Å². The molecule has 0 fully saturated rings. The molecule has 0 unspecified atom stereocenters. The average Bonchev–Trinajstić information content (AvgIpc) is 3.35. The first kappa shape index (κ1) is 24.2. The molecule has 0 bridgehead atoms. The zero-order valence-electron chi connectivity index (χ0n) is 21.3. The first-order valence-electron chi connectivity index (χ1n) is 12.1. The Morgan fingerprint density at radius 2 is 1.57 bits per heavy atom. The largest absolute Gasteiger partial charge is 0.497 e. The molecular weight excluding hydrogens is 466 g/mol. The molecule has 7 nitrogen and oxygen atoms in total. The Morgan fingerprint density at radius 3 is 2.32 bits per heavy atom. The lowest BCUT2D eigenvalue weighted by Crippen LogP contribution is -2.07. The Hall–Kier alpha value is -4.52. The average molecular weight is 496 g/mol. The number of ether oxygens (including phenoxy) is 4. The third-order valence-corrected chi connectivity index (χ3v) is 5.88. The van der Waals surface area contributed by atoms with Gasteiger partial charge >= 0.3 is 0 Å². The number of fused-ring (bicyclic) bond motifs is 1. The molecule has 0 saturated carbocycles. The van der Waals surface area contributed by atoms with Gasteiger partial charge in [0.2, 0.25) is 0 Å². The van der Waals surface area contributed by atoms with Gasteiger partial charge in [-0.2, -0.15) is 0 Å². The van der Waals surface area contributed by atoms with Gasteiger partial charge in [0.25, 0.3) is 0 Å². The van der Waals surface area contributed by atoms with Gasteiger partial charge in [-0.1, -0.05) is 30.3 Å². The zero-order valence-corrected chi connectivity index (χ0v) is 21.3.